The molecule has 0 radical (unpaired) electrons. The second kappa shape index (κ2) is 4.65. The van der Waals surface area contributed by atoms with E-state index in [2.05, 4.69) is 4.98 Å². The maximum absolute atomic E-state index is 12.7. The lowest BCUT2D eigenvalue weighted by Gasteiger charge is -2.15. The quantitative estimate of drug-likeness (QED) is 0.754. The van der Waals surface area contributed by atoms with E-state index in [1.54, 1.807) is 6.07 Å². The molecule has 0 amide bonds. The molecule has 1 rings (SSSR count). The van der Waals surface area contributed by atoms with Gasteiger partial charge < -0.3 is 0 Å². The molecular weight excluding hydrogens is 243 g/mol. The lowest BCUT2D eigenvalue weighted by atomic mass is 10.0. The summed E-state index contributed by atoms with van der Waals surface area (Å²) in [4.78, 5) is 3.29. The van der Waals surface area contributed by atoms with Crippen LogP contribution in [0.15, 0.2) is 6.20 Å². The van der Waals surface area contributed by atoms with E-state index in [1.165, 1.54) is 0 Å². The first-order chi connectivity index (χ1) is 7.79. The van der Waals surface area contributed by atoms with Gasteiger partial charge in [-0.15, -0.1) is 0 Å². The minimum absolute atomic E-state index is 0.312. The highest BCUT2D eigenvalue weighted by Gasteiger charge is 2.35. The molecule has 0 unspecified atom stereocenters. The van der Waals surface area contributed by atoms with Crippen LogP contribution >= 0.6 is 0 Å². The molecule has 0 spiro atoms. The predicted molar refractivity (Wildman–Crippen MR) is 48.3 cm³/mol. The third-order valence-electron chi connectivity index (χ3n) is 2.24. The molecule has 0 aliphatic heterocycles. The van der Waals surface area contributed by atoms with E-state index < -0.39 is 35.7 Å². The molecule has 0 saturated heterocycles. The minimum atomic E-state index is -4.73. The zero-order chi connectivity index (χ0) is 13.2. The van der Waals surface area contributed by atoms with Crippen molar-refractivity contribution in [2.75, 3.05) is 0 Å². The van der Waals surface area contributed by atoms with Gasteiger partial charge in [0.25, 0.3) is 6.43 Å². The summed E-state index contributed by atoms with van der Waals surface area (Å²) in [6.07, 6.45) is -7.79. The summed E-state index contributed by atoms with van der Waals surface area (Å²) >= 11 is 0. The number of halogens is 5. The molecule has 1 heterocycles. The topological polar surface area (TPSA) is 36.7 Å². The summed E-state index contributed by atoms with van der Waals surface area (Å²) in [5, 5.41) is 8.39. The Balaban J connectivity index is 3.45. The average molecular weight is 250 g/mol. The van der Waals surface area contributed by atoms with Gasteiger partial charge in [0, 0.05) is 11.8 Å². The van der Waals surface area contributed by atoms with Gasteiger partial charge in [-0.25, -0.2) is 8.78 Å². The summed E-state index contributed by atoms with van der Waals surface area (Å²) in [7, 11) is 0. The summed E-state index contributed by atoms with van der Waals surface area (Å²) in [6.45, 7) is 0.951. The van der Waals surface area contributed by atoms with Crippen molar-refractivity contribution in [3.63, 3.8) is 0 Å². The van der Waals surface area contributed by atoms with Crippen LogP contribution in [0.5, 0.6) is 0 Å². The number of hydrogen-bond acceptors (Lipinski definition) is 2. The molecule has 1 aromatic rings. The molecule has 17 heavy (non-hydrogen) atoms. The second-order valence-electron chi connectivity index (χ2n) is 3.29. The largest absolute Gasteiger partial charge is 0.418 e. The van der Waals surface area contributed by atoms with Gasteiger partial charge in [-0.05, 0) is 12.5 Å². The Morgan fingerprint density at radius 3 is 2.41 bits per heavy atom. The van der Waals surface area contributed by atoms with Gasteiger partial charge in [0.2, 0.25) is 0 Å². The van der Waals surface area contributed by atoms with E-state index in [-0.39, 0.29) is 5.69 Å². The maximum atomic E-state index is 12.7. The number of alkyl halides is 5. The van der Waals surface area contributed by atoms with Crippen LogP contribution in [-0.2, 0) is 12.6 Å². The van der Waals surface area contributed by atoms with Crippen molar-refractivity contribution in [3.8, 4) is 6.07 Å². The molecule has 2 nitrogen and oxygen atoms in total. The summed E-state index contributed by atoms with van der Waals surface area (Å²) < 4.78 is 62.7. The lowest BCUT2D eigenvalue weighted by molar-refractivity contribution is -0.138. The van der Waals surface area contributed by atoms with Crippen LogP contribution in [0.2, 0.25) is 0 Å². The average Bonchev–Trinajstić information content (AvgIpc) is 2.15. The van der Waals surface area contributed by atoms with Gasteiger partial charge in [0.15, 0.2) is 0 Å². The van der Waals surface area contributed by atoms with Crippen molar-refractivity contribution in [2.45, 2.75) is 25.9 Å². The van der Waals surface area contributed by atoms with Crippen LogP contribution in [0.25, 0.3) is 0 Å². The first-order valence-corrected chi connectivity index (χ1v) is 4.49. The van der Waals surface area contributed by atoms with Gasteiger partial charge >= 0.3 is 6.18 Å². The van der Waals surface area contributed by atoms with Crippen LogP contribution in [0.1, 0.15) is 28.8 Å². The van der Waals surface area contributed by atoms with Gasteiger partial charge in [0.1, 0.15) is 0 Å². The third kappa shape index (κ3) is 2.70. The fourth-order valence-corrected chi connectivity index (χ4v) is 1.46. The van der Waals surface area contributed by atoms with Crippen LogP contribution in [0.3, 0.4) is 0 Å². The second-order valence-corrected chi connectivity index (χ2v) is 3.29. The van der Waals surface area contributed by atoms with E-state index in [9.17, 15) is 22.0 Å². The number of hydrogen-bond donors (Lipinski definition) is 0. The molecular formula is C10H7F5N2. The number of nitriles is 1. The third-order valence-corrected chi connectivity index (χ3v) is 2.24. The van der Waals surface area contributed by atoms with Crippen molar-refractivity contribution in [3.05, 3.63) is 28.6 Å². The number of pyridine rings is 1. The Bertz CT molecular complexity index is 459. The first kappa shape index (κ1) is 13.4. The fourth-order valence-electron chi connectivity index (χ4n) is 1.46. The zero-order valence-corrected chi connectivity index (χ0v) is 8.65. The van der Waals surface area contributed by atoms with E-state index in [0.717, 1.165) is 6.92 Å². The van der Waals surface area contributed by atoms with Crippen molar-refractivity contribution in [2.24, 2.45) is 0 Å². The van der Waals surface area contributed by atoms with E-state index in [1.807, 2.05) is 0 Å². The number of nitrogens with zero attached hydrogens (tertiary/aromatic N) is 2. The fraction of sp³-hybridized carbons (Fsp3) is 0.400. The highest BCUT2D eigenvalue weighted by Crippen LogP contribution is 2.36. The normalized spacial score (nSPS) is 11.6. The van der Waals surface area contributed by atoms with Crippen LogP contribution in [0.4, 0.5) is 22.0 Å². The molecule has 0 bridgehead atoms. The maximum Gasteiger partial charge on any atom is 0.418 e. The zero-order valence-electron chi connectivity index (χ0n) is 8.65. The lowest BCUT2D eigenvalue weighted by Crippen LogP contribution is -2.13. The smallest absolute Gasteiger partial charge is 0.259 e. The molecule has 1 aromatic heterocycles. The van der Waals surface area contributed by atoms with Crippen LogP contribution < -0.4 is 0 Å². The molecule has 92 valence electrons. The molecule has 0 N–H and O–H groups in total. The van der Waals surface area contributed by atoms with Crippen LogP contribution in [0, 0.1) is 18.3 Å². The predicted octanol–water partition coefficient (Wildman–Crippen LogP) is 3.41. The molecule has 0 aliphatic carbocycles. The van der Waals surface area contributed by atoms with Gasteiger partial charge in [0.05, 0.1) is 23.7 Å². The minimum Gasteiger partial charge on any atom is -0.259 e. The Hall–Kier alpha value is -1.71. The van der Waals surface area contributed by atoms with E-state index in [0.29, 0.717) is 6.20 Å². The van der Waals surface area contributed by atoms with Crippen molar-refractivity contribution >= 4 is 0 Å². The summed E-state index contributed by atoms with van der Waals surface area (Å²) in [5.41, 5.74) is -2.89. The highest BCUT2D eigenvalue weighted by molar-refractivity contribution is 5.38. The van der Waals surface area contributed by atoms with E-state index >= 15 is 0 Å². The van der Waals surface area contributed by atoms with Crippen molar-refractivity contribution in [1.29, 1.82) is 5.26 Å². The first-order valence-electron chi connectivity index (χ1n) is 4.49. The molecule has 7 heteroatoms. The Morgan fingerprint density at radius 2 is 2.00 bits per heavy atom. The van der Waals surface area contributed by atoms with Crippen LogP contribution in [-0.4, -0.2) is 4.98 Å². The SMILES string of the molecule is Cc1c(C(F)(F)F)cnc(CC#N)c1C(F)F. The summed E-state index contributed by atoms with van der Waals surface area (Å²) in [5.74, 6) is 0. The molecule has 0 atom stereocenters. The number of rotatable bonds is 2. The highest BCUT2D eigenvalue weighted by atomic mass is 19.4. The molecule has 0 saturated carbocycles. The van der Waals surface area contributed by atoms with E-state index in [4.69, 9.17) is 5.26 Å². The van der Waals surface area contributed by atoms with Gasteiger partial charge in [-0.1, -0.05) is 0 Å². The Morgan fingerprint density at radius 1 is 1.41 bits per heavy atom. The Kier molecular flexibility index (Phi) is 3.66. The van der Waals surface area contributed by atoms with Gasteiger partial charge in [-0.2, -0.15) is 18.4 Å². The molecule has 0 aromatic carbocycles. The monoisotopic (exact) mass is 250 g/mol. The Labute approximate surface area is 93.7 Å². The van der Waals surface area contributed by atoms with Crippen molar-refractivity contribution in [1.82, 2.24) is 4.98 Å². The van der Waals surface area contributed by atoms with Crippen molar-refractivity contribution < 1.29 is 22.0 Å². The number of aromatic nitrogens is 1. The molecule has 0 fully saturated rings. The van der Waals surface area contributed by atoms with Gasteiger partial charge in [-0.3, -0.25) is 4.98 Å². The summed E-state index contributed by atoms with van der Waals surface area (Å²) in [6, 6.07) is 1.59. The molecule has 0 aliphatic rings. The standard InChI is InChI=1S/C10H7F5N2/c1-5-6(10(13,14)15)4-17-7(2-3-16)8(5)9(11)12/h4,9H,2H2,1H3.